The number of esters is 4. The highest BCUT2D eigenvalue weighted by Crippen LogP contribution is 2.45. The zero-order valence-electron chi connectivity index (χ0n) is 65.8. The van der Waals surface area contributed by atoms with Crippen molar-refractivity contribution in [1.29, 1.82) is 0 Å². The number of phosphoric acid groups is 2. The molecule has 0 aliphatic carbocycles. The number of carbonyl (C=O) groups excluding carboxylic acids is 4. The third kappa shape index (κ3) is 71.7. The highest BCUT2D eigenvalue weighted by Gasteiger charge is 2.30. The SMILES string of the molecule is CCC(C)CCCCCCCCCCCCC(=O)O[C@H](COC(=O)CCCCCCCCCCCCCCCCCC(C)C)COP(=O)(O)OC[C@@H](O)COP(=O)(O)OC[C@@H](COC(=O)CCCCCCCCC(C)CC)OC(=O)CCCCCCCCCCCCCCCCCC(C)C. The molecule has 100 heavy (non-hydrogen) atoms. The zero-order chi connectivity index (χ0) is 73.8. The quantitative estimate of drug-likeness (QED) is 0.0222. The van der Waals surface area contributed by atoms with Crippen LogP contribution in [0.25, 0.3) is 0 Å². The maximum atomic E-state index is 13.1. The molecule has 0 aromatic rings. The Morgan fingerprint density at radius 1 is 0.280 bits per heavy atom. The first-order valence-electron chi connectivity index (χ1n) is 41.8. The van der Waals surface area contributed by atoms with Crippen LogP contribution in [0.2, 0.25) is 0 Å². The van der Waals surface area contributed by atoms with Crippen molar-refractivity contribution in [3.8, 4) is 0 Å². The third-order valence-electron chi connectivity index (χ3n) is 19.5. The molecule has 0 aliphatic rings. The van der Waals surface area contributed by atoms with Gasteiger partial charge in [-0.2, -0.15) is 0 Å². The molecule has 0 heterocycles. The van der Waals surface area contributed by atoms with E-state index in [1.165, 1.54) is 212 Å². The lowest BCUT2D eigenvalue weighted by molar-refractivity contribution is -0.161. The summed E-state index contributed by atoms with van der Waals surface area (Å²) in [6.07, 6.45) is 56.8. The highest BCUT2D eigenvalue weighted by atomic mass is 31.2. The fraction of sp³-hybridized carbons (Fsp3) is 0.951. The molecule has 0 rings (SSSR count). The van der Waals surface area contributed by atoms with Gasteiger partial charge in [-0.1, -0.05) is 364 Å². The average Bonchev–Trinajstić information content (AvgIpc) is 0.975. The predicted octanol–water partition coefficient (Wildman–Crippen LogP) is 24.0. The first kappa shape index (κ1) is 98.1. The van der Waals surface area contributed by atoms with Crippen LogP contribution in [0.15, 0.2) is 0 Å². The summed E-state index contributed by atoms with van der Waals surface area (Å²) < 4.78 is 68.7. The number of carbonyl (C=O) groups is 4. The Hall–Kier alpha value is -1.94. The van der Waals surface area contributed by atoms with E-state index in [-0.39, 0.29) is 25.7 Å². The van der Waals surface area contributed by atoms with Crippen molar-refractivity contribution < 1.29 is 80.2 Å². The minimum atomic E-state index is -4.96. The van der Waals surface area contributed by atoms with Gasteiger partial charge < -0.3 is 33.8 Å². The molecule has 0 saturated heterocycles. The van der Waals surface area contributed by atoms with Crippen LogP contribution >= 0.6 is 15.6 Å². The Balaban J connectivity index is 5.23. The minimum Gasteiger partial charge on any atom is -0.462 e. The Morgan fingerprint density at radius 2 is 0.480 bits per heavy atom. The summed E-state index contributed by atoms with van der Waals surface area (Å²) >= 11 is 0. The molecule has 0 radical (unpaired) electrons. The van der Waals surface area contributed by atoms with E-state index in [2.05, 4.69) is 55.4 Å². The lowest BCUT2D eigenvalue weighted by Gasteiger charge is -2.21. The molecule has 0 spiro atoms. The molecule has 0 saturated carbocycles. The van der Waals surface area contributed by atoms with Gasteiger partial charge in [0.15, 0.2) is 12.2 Å². The number of hydrogen-bond acceptors (Lipinski definition) is 15. The molecule has 7 atom stereocenters. The molecule has 594 valence electrons. The van der Waals surface area contributed by atoms with Crippen molar-refractivity contribution in [3.63, 3.8) is 0 Å². The third-order valence-corrected chi connectivity index (χ3v) is 21.4. The molecule has 0 bridgehead atoms. The molecular formula is C81H158O17P2. The Morgan fingerprint density at radius 3 is 0.710 bits per heavy atom. The van der Waals surface area contributed by atoms with E-state index in [4.69, 9.17) is 37.0 Å². The number of rotatable bonds is 78. The number of ether oxygens (including phenoxy) is 4. The molecule has 17 nitrogen and oxygen atoms in total. The number of aliphatic hydroxyl groups is 1. The van der Waals surface area contributed by atoms with Crippen molar-refractivity contribution in [3.05, 3.63) is 0 Å². The standard InChI is InChI=1S/C81H158O17P2/c1-9-73(7)59-51-43-35-29-25-26-32-38-48-56-64-81(86)97-76(67-91-78(83)61-53-45-36-30-23-19-15-11-13-17-21-27-33-41-49-57-71(3)4)69-95-99(87,88)93-65-75(82)66-94-100(89,90)96-70-77(68-92-79(84)62-54-46-40-39-44-52-60-74(8)10-2)98-80(85)63-55-47-37-31-24-20-16-12-14-18-22-28-34-42-50-58-72(5)6/h71-77,82H,9-70H2,1-8H3,(H,87,88)(H,89,90)/t73?,74?,75-,76-,77-/m1/s1. The van der Waals surface area contributed by atoms with E-state index < -0.39 is 97.5 Å². The topological polar surface area (TPSA) is 237 Å². The predicted molar refractivity (Wildman–Crippen MR) is 409 cm³/mol. The highest BCUT2D eigenvalue weighted by molar-refractivity contribution is 7.47. The van der Waals surface area contributed by atoms with Gasteiger partial charge in [-0.15, -0.1) is 0 Å². The van der Waals surface area contributed by atoms with Crippen molar-refractivity contribution in [2.24, 2.45) is 23.7 Å². The van der Waals surface area contributed by atoms with Gasteiger partial charge in [0, 0.05) is 25.7 Å². The molecule has 0 aromatic heterocycles. The molecule has 0 aliphatic heterocycles. The van der Waals surface area contributed by atoms with Crippen LogP contribution in [0.4, 0.5) is 0 Å². The van der Waals surface area contributed by atoms with Crippen LogP contribution in [-0.2, 0) is 65.4 Å². The second-order valence-corrected chi connectivity index (χ2v) is 33.5. The number of phosphoric ester groups is 2. The van der Waals surface area contributed by atoms with Gasteiger partial charge in [0.1, 0.15) is 19.3 Å². The molecule has 0 aromatic carbocycles. The van der Waals surface area contributed by atoms with Crippen molar-refractivity contribution in [2.45, 2.75) is 433 Å². The molecule has 19 heteroatoms. The number of unbranched alkanes of at least 4 members (excludes halogenated alkanes) is 42. The van der Waals surface area contributed by atoms with Gasteiger partial charge in [0.2, 0.25) is 0 Å². The van der Waals surface area contributed by atoms with Crippen LogP contribution in [0.5, 0.6) is 0 Å². The maximum Gasteiger partial charge on any atom is 0.472 e. The van der Waals surface area contributed by atoms with Crippen LogP contribution in [-0.4, -0.2) is 96.7 Å². The number of hydrogen-bond donors (Lipinski definition) is 3. The Bertz CT molecular complexity index is 1960. The van der Waals surface area contributed by atoms with E-state index in [1.54, 1.807) is 0 Å². The maximum absolute atomic E-state index is 13.1. The molecular weight excluding hydrogens is 1310 g/mol. The summed E-state index contributed by atoms with van der Waals surface area (Å²) in [5, 5.41) is 10.6. The van der Waals surface area contributed by atoms with Crippen molar-refractivity contribution in [1.82, 2.24) is 0 Å². The summed E-state index contributed by atoms with van der Waals surface area (Å²) in [4.78, 5) is 73.0. The van der Waals surface area contributed by atoms with Gasteiger partial charge in [-0.25, -0.2) is 9.13 Å². The molecule has 4 unspecified atom stereocenters. The van der Waals surface area contributed by atoms with Crippen molar-refractivity contribution >= 4 is 39.5 Å². The van der Waals surface area contributed by atoms with E-state index in [0.717, 1.165) is 120 Å². The van der Waals surface area contributed by atoms with Crippen LogP contribution in [0, 0.1) is 23.7 Å². The second kappa shape index (κ2) is 70.1. The second-order valence-electron chi connectivity index (χ2n) is 30.6. The van der Waals surface area contributed by atoms with Gasteiger partial charge in [-0.3, -0.25) is 37.3 Å². The van der Waals surface area contributed by atoms with Gasteiger partial charge >= 0.3 is 39.5 Å². The molecule has 3 N–H and O–H groups in total. The van der Waals surface area contributed by atoms with Crippen molar-refractivity contribution in [2.75, 3.05) is 39.6 Å². The van der Waals surface area contributed by atoms with Gasteiger partial charge in [0.25, 0.3) is 0 Å². The van der Waals surface area contributed by atoms with E-state index in [9.17, 15) is 43.2 Å². The zero-order valence-corrected chi connectivity index (χ0v) is 67.6. The average molecular weight is 1470 g/mol. The minimum absolute atomic E-state index is 0.106. The first-order chi connectivity index (χ1) is 48.2. The van der Waals surface area contributed by atoms with E-state index in [1.807, 2.05) is 0 Å². The lowest BCUT2D eigenvalue weighted by Crippen LogP contribution is -2.30. The summed E-state index contributed by atoms with van der Waals surface area (Å²) in [6.45, 7) is 14.3. The Labute approximate surface area is 613 Å². The van der Waals surface area contributed by atoms with Crippen LogP contribution in [0.1, 0.15) is 415 Å². The van der Waals surface area contributed by atoms with E-state index in [0.29, 0.717) is 25.7 Å². The van der Waals surface area contributed by atoms with E-state index >= 15 is 0 Å². The molecule has 0 amide bonds. The summed E-state index contributed by atoms with van der Waals surface area (Å²) in [5.74, 6) is 1.03. The fourth-order valence-electron chi connectivity index (χ4n) is 12.4. The fourth-order valence-corrected chi connectivity index (χ4v) is 13.9. The lowest BCUT2D eigenvalue weighted by atomic mass is 9.99. The summed E-state index contributed by atoms with van der Waals surface area (Å²) in [5.41, 5.74) is 0. The van der Waals surface area contributed by atoms with Crippen LogP contribution in [0.3, 0.4) is 0 Å². The van der Waals surface area contributed by atoms with Gasteiger partial charge in [0.05, 0.1) is 26.4 Å². The summed E-state index contributed by atoms with van der Waals surface area (Å²) in [7, 11) is -9.92. The number of aliphatic hydroxyl groups excluding tert-OH is 1. The normalized spacial score (nSPS) is 14.6. The Kier molecular flexibility index (Phi) is 68.7. The first-order valence-corrected chi connectivity index (χ1v) is 44.8. The van der Waals surface area contributed by atoms with Crippen LogP contribution < -0.4 is 0 Å². The monoisotopic (exact) mass is 1470 g/mol. The largest absolute Gasteiger partial charge is 0.472 e. The smallest absolute Gasteiger partial charge is 0.462 e. The summed E-state index contributed by atoms with van der Waals surface area (Å²) in [6, 6.07) is 0. The van der Waals surface area contributed by atoms with Gasteiger partial charge in [-0.05, 0) is 49.4 Å². The molecule has 0 fully saturated rings.